The summed E-state index contributed by atoms with van der Waals surface area (Å²) in [5, 5.41) is 2.96. The summed E-state index contributed by atoms with van der Waals surface area (Å²) in [6.07, 6.45) is 5.36. The molecule has 1 aromatic carbocycles. The number of imidazole rings is 1. The van der Waals surface area contributed by atoms with Crippen molar-refractivity contribution >= 4 is 11.8 Å². The molecule has 0 unspecified atom stereocenters. The van der Waals surface area contributed by atoms with E-state index < -0.39 is 0 Å². The van der Waals surface area contributed by atoms with Crippen LogP contribution in [0.15, 0.2) is 36.7 Å². The van der Waals surface area contributed by atoms with Crippen LogP contribution in [0.2, 0.25) is 0 Å². The topological polar surface area (TPSA) is 67.2 Å². The molecule has 2 heterocycles. The van der Waals surface area contributed by atoms with Gasteiger partial charge in [-0.15, -0.1) is 0 Å². The number of piperidine rings is 1. The molecule has 144 valence electrons. The van der Waals surface area contributed by atoms with Gasteiger partial charge in [0.05, 0.1) is 5.92 Å². The van der Waals surface area contributed by atoms with Crippen LogP contribution in [0.5, 0.6) is 0 Å². The highest BCUT2D eigenvalue weighted by molar-refractivity contribution is 5.83. The second-order valence-corrected chi connectivity index (χ2v) is 6.91. The standard InChI is InChI=1S/C20H25FN4O2/c1-15-22-10-12-24(15)11-4-9-23-20(27)17-7-8-19(26)25(14-17)13-16-5-2-3-6-18(16)21/h2-3,5-6,10,12,17H,4,7-9,11,13-14H2,1H3,(H,23,27)/t17-/m1/s1. The molecule has 3 rings (SSSR count). The molecule has 1 aliphatic heterocycles. The third kappa shape index (κ3) is 4.93. The van der Waals surface area contributed by atoms with E-state index in [9.17, 15) is 14.0 Å². The number of nitrogens with zero attached hydrogens (tertiary/aromatic N) is 3. The summed E-state index contributed by atoms with van der Waals surface area (Å²) in [5.74, 6) is 0.313. The van der Waals surface area contributed by atoms with E-state index >= 15 is 0 Å². The Labute approximate surface area is 158 Å². The molecular weight excluding hydrogens is 347 g/mol. The van der Waals surface area contributed by atoms with Crippen LogP contribution in [-0.2, 0) is 22.7 Å². The first-order valence-corrected chi connectivity index (χ1v) is 9.31. The van der Waals surface area contributed by atoms with Gasteiger partial charge in [0.1, 0.15) is 11.6 Å². The number of aryl methyl sites for hydroxylation is 2. The Kier molecular flexibility index (Phi) is 6.21. The number of carbonyl (C=O) groups excluding carboxylic acids is 2. The molecule has 0 spiro atoms. The average Bonchev–Trinajstić information content (AvgIpc) is 3.07. The fourth-order valence-electron chi connectivity index (χ4n) is 3.36. The van der Waals surface area contributed by atoms with Gasteiger partial charge in [0, 0.05) is 50.6 Å². The zero-order valence-corrected chi connectivity index (χ0v) is 15.5. The molecule has 0 bridgehead atoms. The van der Waals surface area contributed by atoms with Gasteiger partial charge < -0.3 is 14.8 Å². The lowest BCUT2D eigenvalue weighted by Crippen LogP contribution is -2.45. The molecule has 1 aromatic heterocycles. The van der Waals surface area contributed by atoms with Crippen LogP contribution in [0.4, 0.5) is 4.39 Å². The molecule has 0 aliphatic carbocycles. The summed E-state index contributed by atoms with van der Waals surface area (Å²) in [6.45, 7) is 3.86. The van der Waals surface area contributed by atoms with Crippen molar-refractivity contribution in [3.05, 3.63) is 53.9 Å². The van der Waals surface area contributed by atoms with Gasteiger partial charge in [-0.25, -0.2) is 9.37 Å². The molecule has 27 heavy (non-hydrogen) atoms. The van der Waals surface area contributed by atoms with Crippen LogP contribution in [0.3, 0.4) is 0 Å². The number of hydrogen-bond acceptors (Lipinski definition) is 3. The SMILES string of the molecule is Cc1nccn1CCCNC(=O)[C@@H]1CCC(=O)N(Cc2ccccc2F)C1. The highest BCUT2D eigenvalue weighted by Gasteiger charge is 2.30. The molecule has 1 fully saturated rings. The average molecular weight is 372 g/mol. The molecule has 7 heteroatoms. The minimum Gasteiger partial charge on any atom is -0.356 e. The molecule has 1 saturated heterocycles. The highest BCUT2D eigenvalue weighted by atomic mass is 19.1. The van der Waals surface area contributed by atoms with Crippen LogP contribution >= 0.6 is 0 Å². The number of likely N-dealkylation sites (tertiary alicyclic amines) is 1. The van der Waals surface area contributed by atoms with Crippen molar-refractivity contribution < 1.29 is 14.0 Å². The molecule has 0 saturated carbocycles. The van der Waals surface area contributed by atoms with Crippen molar-refractivity contribution in [2.75, 3.05) is 13.1 Å². The Balaban J connectivity index is 1.48. The number of aromatic nitrogens is 2. The summed E-state index contributed by atoms with van der Waals surface area (Å²) in [7, 11) is 0. The van der Waals surface area contributed by atoms with E-state index in [1.165, 1.54) is 6.07 Å². The van der Waals surface area contributed by atoms with E-state index in [0.29, 0.717) is 31.5 Å². The van der Waals surface area contributed by atoms with Gasteiger partial charge in [-0.2, -0.15) is 0 Å². The number of rotatable bonds is 7. The van der Waals surface area contributed by atoms with Gasteiger partial charge >= 0.3 is 0 Å². The first kappa shape index (κ1) is 19.1. The summed E-state index contributed by atoms with van der Waals surface area (Å²) >= 11 is 0. The van der Waals surface area contributed by atoms with E-state index in [1.807, 2.05) is 17.7 Å². The van der Waals surface area contributed by atoms with Crippen molar-refractivity contribution in [2.24, 2.45) is 5.92 Å². The van der Waals surface area contributed by atoms with Crippen LogP contribution in [0.25, 0.3) is 0 Å². The molecule has 1 atom stereocenters. The second-order valence-electron chi connectivity index (χ2n) is 6.91. The Hall–Kier alpha value is -2.70. The fourth-order valence-corrected chi connectivity index (χ4v) is 3.36. The lowest BCUT2D eigenvalue weighted by Gasteiger charge is -2.32. The van der Waals surface area contributed by atoms with E-state index in [4.69, 9.17) is 0 Å². The molecule has 0 radical (unpaired) electrons. The molecular formula is C20H25FN4O2. The third-order valence-electron chi connectivity index (χ3n) is 4.99. The van der Waals surface area contributed by atoms with Crippen molar-refractivity contribution in [1.29, 1.82) is 0 Å². The van der Waals surface area contributed by atoms with Crippen LogP contribution in [0.1, 0.15) is 30.7 Å². The smallest absolute Gasteiger partial charge is 0.224 e. The van der Waals surface area contributed by atoms with Gasteiger partial charge in [0.25, 0.3) is 0 Å². The minimum absolute atomic E-state index is 0.0297. The third-order valence-corrected chi connectivity index (χ3v) is 4.99. The Morgan fingerprint density at radius 2 is 2.19 bits per heavy atom. The van der Waals surface area contributed by atoms with E-state index in [-0.39, 0.29) is 30.1 Å². The van der Waals surface area contributed by atoms with Crippen molar-refractivity contribution in [1.82, 2.24) is 19.8 Å². The predicted octanol–water partition coefficient (Wildman–Crippen LogP) is 2.28. The zero-order valence-electron chi connectivity index (χ0n) is 15.5. The van der Waals surface area contributed by atoms with Gasteiger partial charge in [0.2, 0.25) is 11.8 Å². The summed E-state index contributed by atoms with van der Waals surface area (Å²) in [5.41, 5.74) is 0.475. The van der Waals surface area contributed by atoms with Crippen molar-refractivity contribution in [3.8, 4) is 0 Å². The molecule has 1 N–H and O–H groups in total. The summed E-state index contributed by atoms with van der Waals surface area (Å²) in [4.78, 5) is 30.4. The monoisotopic (exact) mass is 372 g/mol. The fraction of sp³-hybridized carbons (Fsp3) is 0.450. The van der Waals surface area contributed by atoms with Gasteiger partial charge in [-0.05, 0) is 25.8 Å². The Morgan fingerprint density at radius 3 is 2.93 bits per heavy atom. The van der Waals surface area contributed by atoms with Gasteiger partial charge in [-0.1, -0.05) is 18.2 Å². The molecule has 6 nitrogen and oxygen atoms in total. The zero-order chi connectivity index (χ0) is 19.2. The first-order valence-electron chi connectivity index (χ1n) is 9.31. The normalized spacial score (nSPS) is 17.2. The van der Waals surface area contributed by atoms with Crippen LogP contribution in [-0.4, -0.2) is 39.4 Å². The van der Waals surface area contributed by atoms with Crippen LogP contribution < -0.4 is 5.32 Å². The second kappa shape index (κ2) is 8.79. The van der Waals surface area contributed by atoms with E-state index in [2.05, 4.69) is 10.3 Å². The van der Waals surface area contributed by atoms with E-state index in [0.717, 1.165) is 18.8 Å². The maximum atomic E-state index is 13.9. The quantitative estimate of drug-likeness (QED) is 0.758. The first-order chi connectivity index (χ1) is 13.0. The number of carbonyl (C=O) groups is 2. The van der Waals surface area contributed by atoms with Crippen LogP contribution in [0, 0.1) is 18.7 Å². The van der Waals surface area contributed by atoms with Gasteiger partial charge in [-0.3, -0.25) is 9.59 Å². The molecule has 2 amide bonds. The highest BCUT2D eigenvalue weighted by Crippen LogP contribution is 2.21. The lowest BCUT2D eigenvalue weighted by atomic mass is 9.96. The number of hydrogen-bond donors (Lipinski definition) is 1. The maximum absolute atomic E-state index is 13.9. The van der Waals surface area contributed by atoms with Crippen molar-refractivity contribution in [3.63, 3.8) is 0 Å². The Morgan fingerprint density at radius 1 is 1.37 bits per heavy atom. The molecule has 1 aliphatic rings. The number of amides is 2. The summed E-state index contributed by atoms with van der Waals surface area (Å²) in [6, 6.07) is 6.43. The number of nitrogens with one attached hydrogen (secondary N) is 1. The maximum Gasteiger partial charge on any atom is 0.224 e. The lowest BCUT2D eigenvalue weighted by molar-refractivity contribution is -0.138. The van der Waals surface area contributed by atoms with E-state index in [1.54, 1.807) is 29.3 Å². The van der Waals surface area contributed by atoms with Gasteiger partial charge in [0.15, 0.2) is 0 Å². The predicted molar refractivity (Wildman–Crippen MR) is 99.1 cm³/mol. The molecule has 2 aromatic rings. The number of halogens is 1. The van der Waals surface area contributed by atoms with Crippen molar-refractivity contribution in [2.45, 2.75) is 39.3 Å². The largest absolute Gasteiger partial charge is 0.356 e. The minimum atomic E-state index is -0.327. The summed E-state index contributed by atoms with van der Waals surface area (Å²) < 4.78 is 15.9. The Bertz CT molecular complexity index is 805. The number of benzene rings is 1.